The van der Waals surface area contributed by atoms with Crippen molar-refractivity contribution < 1.29 is 19.7 Å². The summed E-state index contributed by atoms with van der Waals surface area (Å²) in [4.78, 5) is 0. The zero-order valence-electron chi connectivity index (χ0n) is 13.9. The van der Waals surface area contributed by atoms with Gasteiger partial charge in [0.15, 0.2) is 11.6 Å². The van der Waals surface area contributed by atoms with E-state index in [9.17, 15) is 19.7 Å². The number of hydrogen-bond donors (Lipinski definition) is 3. The Morgan fingerprint density at radius 2 is 2.00 bits per heavy atom. The molecule has 128 valence electrons. The topological polar surface area (TPSA) is 60.7 Å². The van der Waals surface area contributed by atoms with Crippen LogP contribution in [0.4, 0.5) is 4.39 Å². The summed E-state index contributed by atoms with van der Waals surface area (Å²) < 4.78 is 13.4. The van der Waals surface area contributed by atoms with Crippen LogP contribution in [-0.2, 0) is 0 Å². The molecule has 0 saturated carbocycles. The van der Waals surface area contributed by atoms with Crippen molar-refractivity contribution in [2.24, 2.45) is 5.92 Å². The van der Waals surface area contributed by atoms with Crippen LogP contribution in [-0.4, -0.2) is 27.5 Å². The van der Waals surface area contributed by atoms with Crippen LogP contribution in [0.3, 0.4) is 0 Å². The first kappa shape index (κ1) is 19.4. The van der Waals surface area contributed by atoms with E-state index in [1.807, 2.05) is 6.08 Å². The van der Waals surface area contributed by atoms with Gasteiger partial charge in [-0.15, -0.1) is 6.58 Å². The molecule has 0 amide bonds. The van der Waals surface area contributed by atoms with Crippen molar-refractivity contribution in [1.29, 1.82) is 0 Å². The first-order valence-electron chi connectivity index (χ1n) is 8.05. The Hall–Kier alpha value is -1.65. The average Bonchev–Trinajstić information content (AvgIpc) is 2.49. The molecule has 1 aromatic carbocycles. The van der Waals surface area contributed by atoms with Gasteiger partial charge in [-0.3, -0.25) is 0 Å². The number of hydrogen-bond acceptors (Lipinski definition) is 3. The van der Waals surface area contributed by atoms with Gasteiger partial charge in [0.1, 0.15) is 0 Å². The van der Waals surface area contributed by atoms with Crippen LogP contribution < -0.4 is 0 Å². The van der Waals surface area contributed by atoms with Gasteiger partial charge in [0, 0.05) is 5.92 Å². The lowest BCUT2D eigenvalue weighted by atomic mass is 9.91. The molecule has 3 nitrogen and oxygen atoms in total. The van der Waals surface area contributed by atoms with Crippen LogP contribution in [0.1, 0.15) is 45.1 Å². The van der Waals surface area contributed by atoms with Gasteiger partial charge in [0.05, 0.1) is 12.2 Å². The first-order chi connectivity index (χ1) is 10.9. The number of phenolic OH excluding ortho intramolecular Hbond substituents is 1. The number of rotatable bonds is 9. The largest absolute Gasteiger partial charge is 0.505 e. The summed E-state index contributed by atoms with van der Waals surface area (Å²) in [5, 5.41) is 29.1. The van der Waals surface area contributed by atoms with E-state index in [-0.39, 0.29) is 11.7 Å². The molecule has 23 heavy (non-hydrogen) atoms. The number of benzene rings is 1. The molecule has 0 aliphatic carbocycles. The molecule has 1 aromatic rings. The molecule has 0 fully saturated rings. The van der Waals surface area contributed by atoms with E-state index in [0.29, 0.717) is 18.4 Å². The lowest BCUT2D eigenvalue weighted by Gasteiger charge is -2.22. The quantitative estimate of drug-likeness (QED) is 0.601. The van der Waals surface area contributed by atoms with Crippen LogP contribution in [0.2, 0.25) is 0 Å². The third-order valence-corrected chi connectivity index (χ3v) is 3.95. The van der Waals surface area contributed by atoms with Crippen LogP contribution in [0.15, 0.2) is 36.4 Å². The highest BCUT2D eigenvalue weighted by atomic mass is 19.1. The van der Waals surface area contributed by atoms with Crippen molar-refractivity contribution in [3.05, 3.63) is 47.8 Å². The van der Waals surface area contributed by atoms with E-state index in [2.05, 4.69) is 13.5 Å². The van der Waals surface area contributed by atoms with Gasteiger partial charge in [0.2, 0.25) is 0 Å². The van der Waals surface area contributed by atoms with E-state index in [0.717, 1.165) is 18.4 Å². The summed E-state index contributed by atoms with van der Waals surface area (Å²) in [5.74, 6) is -1.36. The monoisotopic (exact) mass is 322 g/mol. The molecular formula is C19H27FO3. The molecule has 0 aliphatic heterocycles. The maximum Gasteiger partial charge on any atom is 0.165 e. The van der Waals surface area contributed by atoms with Gasteiger partial charge in [-0.2, -0.15) is 0 Å². The van der Waals surface area contributed by atoms with Crippen molar-refractivity contribution in [3.63, 3.8) is 0 Å². The van der Waals surface area contributed by atoms with Crippen LogP contribution in [0.25, 0.3) is 6.08 Å². The van der Waals surface area contributed by atoms with Gasteiger partial charge < -0.3 is 15.3 Å². The SMILES string of the molecule is C=C[C@H]([C@H](O)CC/C(=C/c1ccc(O)c(F)c1)CCC)[C@@H](C)O. The Balaban J connectivity index is 2.80. The molecule has 0 aromatic heterocycles. The minimum atomic E-state index is -0.663. The van der Waals surface area contributed by atoms with E-state index in [4.69, 9.17) is 0 Å². The Bertz CT molecular complexity index is 537. The number of aliphatic hydroxyl groups is 2. The summed E-state index contributed by atoms with van der Waals surface area (Å²) >= 11 is 0. The fourth-order valence-corrected chi connectivity index (χ4v) is 2.64. The summed E-state index contributed by atoms with van der Waals surface area (Å²) in [6, 6.07) is 4.29. The molecule has 3 atom stereocenters. The molecule has 1 rings (SSSR count). The zero-order valence-corrected chi connectivity index (χ0v) is 13.9. The molecule has 0 spiro atoms. The van der Waals surface area contributed by atoms with E-state index < -0.39 is 18.0 Å². The van der Waals surface area contributed by atoms with Crippen molar-refractivity contribution in [2.45, 2.75) is 51.7 Å². The van der Waals surface area contributed by atoms with Crippen molar-refractivity contribution in [3.8, 4) is 5.75 Å². The lowest BCUT2D eigenvalue weighted by molar-refractivity contribution is 0.0421. The molecule has 0 aliphatic rings. The fraction of sp³-hybridized carbons (Fsp3) is 0.474. The van der Waals surface area contributed by atoms with Gasteiger partial charge in [-0.05, 0) is 43.9 Å². The minimum Gasteiger partial charge on any atom is -0.505 e. The molecule has 4 heteroatoms. The highest BCUT2D eigenvalue weighted by Crippen LogP contribution is 2.24. The fourth-order valence-electron chi connectivity index (χ4n) is 2.64. The van der Waals surface area contributed by atoms with Crippen LogP contribution in [0, 0.1) is 11.7 Å². The smallest absolute Gasteiger partial charge is 0.165 e. The third-order valence-electron chi connectivity index (χ3n) is 3.95. The standard InChI is InChI=1S/C19H27FO3/c1-4-6-14(7-9-18(22)16(5-2)13(3)21)11-15-8-10-19(23)17(20)12-15/h5,8,10-13,16,18,21-23H,2,4,6-7,9H2,1,3H3/b14-11+/t13-,16+,18-/m1/s1. The molecule has 0 unspecified atom stereocenters. The highest BCUT2D eigenvalue weighted by Gasteiger charge is 2.20. The van der Waals surface area contributed by atoms with Gasteiger partial charge in [-0.25, -0.2) is 4.39 Å². The number of halogens is 1. The first-order valence-corrected chi connectivity index (χ1v) is 8.05. The van der Waals surface area contributed by atoms with Crippen molar-refractivity contribution in [2.75, 3.05) is 0 Å². The Labute approximate surface area is 137 Å². The number of allylic oxidation sites excluding steroid dienone is 1. The summed E-state index contributed by atoms with van der Waals surface area (Å²) in [6.45, 7) is 7.35. The summed E-state index contributed by atoms with van der Waals surface area (Å²) in [5.41, 5.74) is 1.79. The predicted octanol–water partition coefficient (Wildman–Crippen LogP) is 4.04. The normalized spacial score (nSPS) is 16.0. The Morgan fingerprint density at radius 3 is 2.52 bits per heavy atom. The Kier molecular flexibility index (Phi) is 8.00. The molecular weight excluding hydrogens is 295 g/mol. The number of phenols is 1. The highest BCUT2D eigenvalue weighted by molar-refractivity contribution is 5.54. The molecule has 0 bridgehead atoms. The molecule has 0 saturated heterocycles. The zero-order chi connectivity index (χ0) is 17.4. The number of aliphatic hydroxyl groups excluding tert-OH is 2. The molecule has 0 heterocycles. The van der Waals surface area contributed by atoms with Crippen molar-refractivity contribution in [1.82, 2.24) is 0 Å². The van der Waals surface area contributed by atoms with E-state index in [1.54, 1.807) is 19.1 Å². The summed E-state index contributed by atoms with van der Waals surface area (Å²) in [6.07, 6.45) is 5.13. The number of aromatic hydroxyl groups is 1. The van der Waals surface area contributed by atoms with Gasteiger partial charge >= 0.3 is 0 Å². The Morgan fingerprint density at radius 1 is 1.30 bits per heavy atom. The maximum absolute atomic E-state index is 13.4. The van der Waals surface area contributed by atoms with Crippen LogP contribution in [0.5, 0.6) is 5.75 Å². The second-order valence-electron chi connectivity index (χ2n) is 5.92. The van der Waals surface area contributed by atoms with E-state index >= 15 is 0 Å². The van der Waals surface area contributed by atoms with Gasteiger partial charge in [0.25, 0.3) is 0 Å². The molecule has 0 radical (unpaired) electrons. The summed E-state index contributed by atoms with van der Waals surface area (Å²) in [7, 11) is 0. The predicted molar refractivity (Wildman–Crippen MR) is 91.6 cm³/mol. The second-order valence-corrected chi connectivity index (χ2v) is 5.92. The second kappa shape index (κ2) is 9.48. The lowest BCUT2D eigenvalue weighted by Crippen LogP contribution is -2.28. The minimum absolute atomic E-state index is 0.357. The van der Waals surface area contributed by atoms with Gasteiger partial charge in [-0.1, -0.05) is 37.1 Å². The van der Waals surface area contributed by atoms with Crippen LogP contribution >= 0.6 is 0 Å². The third kappa shape index (κ3) is 6.16. The van der Waals surface area contributed by atoms with Crippen molar-refractivity contribution >= 4 is 6.08 Å². The average molecular weight is 322 g/mol. The maximum atomic E-state index is 13.4. The van der Waals surface area contributed by atoms with E-state index in [1.165, 1.54) is 12.1 Å². The molecule has 3 N–H and O–H groups in total.